The zero-order valence-corrected chi connectivity index (χ0v) is 5.30. The third-order valence-corrected chi connectivity index (χ3v) is 0. The Morgan fingerprint density at radius 2 is 0.800 bits per heavy atom. The molecule has 0 radical (unpaired) electrons. The molecule has 0 atom stereocenters. The molecule has 8 nitrogen and oxygen atoms in total. The Bertz CT molecular complexity index is 32.2. The molecule has 0 rings (SSSR count). The molecule has 10 heavy (non-hydrogen) atoms. The molecular formula is H14NaO8P. The van der Waals surface area contributed by atoms with Crippen LogP contribution in [0.1, 0.15) is 0 Å². The van der Waals surface area contributed by atoms with Crippen LogP contribution in [-0.4, -0.2) is 66.7 Å². The first-order valence-electron chi connectivity index (χ1n) is 0.651. The average molecular weight is 196 g/mol. The SMILES string of the molecule is O.O.O.O.O.O=[PH](O)O.[NaH]. The van der Waals surface area contributed by atoms with Crippen molar-refractivity contribution in [2.24, 2.45) is 0 Å². The molecule has 0 aromatic carbocycles. The fourth-order valence-electron chi connectivity index (χ4n) is 0. The number of hydrogen-bond donors (Lipinski definition) is 2. The summed E-state index contributed by atoms with van der Waals surface area (Å²) in [7, 11) is -3.13. The molecular weight excluding hydrogens is 182 g/mol. The summed E-state index contributed by atoms with van der Waals surface area (Å²) in [5.41, 5.74) is 0. The fourth-order valence-corrected chi connectivity index (χ4v) is 0. The van der Waals surface area contributed by atoms with Crippen molar-refractivity contribution < 1.29 is 41.7 Å². The molecule has 0 aromatic heterocycles. The first-order chi connectivity index (χ1) is 1.73. The van der Waals surface area contributed by atoms with Gasteiger partial charge in [-0.05, 0) is 0 Å². The van der Waals surface area contributed by atoms with E-state index in [2.05, 4.69) is 0 Å². The molecule has 0 unspecified atom stereocenters. The summed E-state index contributed by atoms with van der Waals surface area (Å²) in [6.07, 6.45) is 0. The number of rotatable bonds is 0. The molecule has 0 heterocycles. The second kappa shape index (κ2) is 51.1. The Morgan fingerprint density at radius 3 is 0.800 bits per heavy atom. The van der Waals surface area contributed by atoms with E-state index in [1.165, 1.54) is 0 Å². The first-order valence-corrected chi connectivity index (χ1v) is 1.95. The minimum absolute atomic E-state index is 0. The van der Waals surface area contributed by atoms with E-state index in [0.29, 0.717) is 0 Å². The van der Waals surface area contributed by atoms with Crippen molar-refractivity contribution in [3.05, 3.63) is 0 Å². The first kappa shape index (κ1) is 69.5. The summed E-state index contributed by atoms with van der Waals surface area (Å²) in [6.45, 7) is 0. The standard InChI is InChI=1S/Na.H3O3P.5H2O.H/c;1-4(2)3;;;;;;/h;4H,(H2,1,2,3);5*1H2;. The van der Waals surface area contributed by atoms with Crippen molar-refractivity contribution in [3.63, 3.8) is 0 Å². The summed E-state index contributed by atoms with van der Waals surface area (Å²) in [4.78, 5) is 14.3. The summed E-state index contributed by atoms with van der Waals surface area (Å²) in [5.74, 6) is 0. The molecule has 0 amide bonds. The van der Waals surface area contributed by atoms with Gasteiger partial charge in [0.1, 0.15) is 0 Å². The van der Waals surface area contributed by atoms with Gasteiger partial charge in [-0.1, -0.05) is 0 Å². The van der Waals surface area contributed by atoms with Gasteiger partial charge in [-0.2, -0.15) is 0 Å². The van der Waals surface area contributed by atoms with Gasteiger partial charge in [-0.3, -0.25) is 4.57 Å². The minimum atomic E-state index is -3.13. The Morgan fingerprint density at radius 1 is 0.800 bits per heavy atom. The molecule has 0 aliphatic heterocycles. The van der Waals surface area contributed by atoms with Crippen molar-refractivity contribution >= 4 is 37.8 Å². The Hall–Kier alpha value is 0.950. The van der Waals surface area contributed by atoms with E-state index < -0.39 is 8.25 Å². The molecule has 0 bridgehead atoms. The third-order valence-electron chi connectivity index (χ3n) is 0. The van der Waals surface area contributed by atoms with Crippen molar-refractivity contribution in [1.82, 2.24) is 0 Å². The Kier molecular flexibility index (Phi) is 355. The third kappa shape index (κ3) is 627. The van der Waals surface area contributed by atoms with Crippen LogP contribution < -0.4 is 0 Å². The van der Waals surface area contributed by atoms with Crippen LogP contribution in [0.25, 0.3) is 0 Å². The maximum absolute atomic E-state index is 8.74. The maximum atomic E-state index is 8.74. The second-order valence-electron chi connectivity index (χ2n) is 0.283. The molecule has 0 saturated carbocycles. The van der Waals surface area contributed by atoms with E-state index in [-0.39, 0.29) is 56.9 Å². The van der Waals surface area contributed by atoms with Gasteiger partial charge in [0.15, 0.2) is 0 Å². The van der Waals surface area contributed by atoms with Crippen LogP contribution in [0.3, 0.4) is 0 Å². The van der Waals surface area contributed by atoms with Crippen LogP contribution in [0.5, 0.6) is 0 Å². The predicted octanol–water partition coefficient (Wildman–Crippen LogP) is -5.41. The van der Waals surface area contributed by atoms with Gasteiger partial charge in [-0.15, -0.1) is 0 Å². The van der Waals surface area contributed by atoms with E-state index in [1.807, 2.05) is 0 Å². The fraction of sp³-hybridized carbons (Fsp3) is 0. The van der Waals surface area contributed by atoms with E-state index >= 15 is 0 Å². The van der Waals surface area contributed by atoms with E-state index in [4.69, 9.17) is 14.4 Å². The zero-order chi connectivity index (χ0) is 3.58. The summed E-state index contributed by atoms with van der Waals surface area (Å²) in [6, 6.07) is 0. The van der Waals surface area contributed by atoms with E-state index in [9.17, 15) is 0 Å². The van der Waals surface area contributed by atoms with Crippen LogP contribution >= 0.6 is 8.25 Å². The molecule has 12 N–H and O–H groups in total. The summed E-state index contributed by atoms with van der Waals surface area (Å²) >= 11 is 0. The molecule has 0 fully saturated rings. The number of hydrogen-bond acceptors (Lipinski definition) is 1. The molecule has 0 saturated heterocycles. The van der Waals surface area contributed by atoms with Gasteiger partial charge in [0, 0.05) is 0 Å². The van der Waals surface area contributed by atoms with Crippen LogP contribution in [-0.2, 0) is 4.57 Å². The summed E-state index contributed by atoms with van der Waals surface area (Å²) in [5, 5.41) is 0. The van der Waals surface area contributed by atoms with Crippen molar-refractivity contribution in [2.45, 2.75) is 0 Å². The van der Waals surface area contributed by atoms with Crippen LogP contribution in [0.4, 0.5) is 0 Å². The quantitative estimate of drug-likeness (QED) is 0.286. The predicted molar refractivity (Wildman–Crippen MR) is 38.7 cm³/mol. The Labute approximate surface area is 79.7 Å². The topological polar surface area (TPSA) is 215 Å². The summed E-state index contributed by atoms with van der Waals surface area (Å²) < 4.78 is 8.74. The molecule has 0 aromatic rings. The molecule has 0 aliphatic carbocycles. The van der Waals surface area contributed by atoms with Gasteiger partial charge in [0.2, 0.25) is 0 Å². The van der Waals surface area contributed by atoms with Gasteiger partial charge in [-0.25, -0.2) is 0 Å². The normalized spacial score (nSPS) is 3.50. The van der Waals surface area contributed by atoms with Crippen molar-refractivity contribution in [2.75, 3.05) is 0 Å². The molecule has 0 aliphatic rings. The average Bonchev–Trinajstić information content (AvgIpc) is 0.811. The monoisotopic (exact) mass is 196 g/mol. The van der Waals surface area contributed by atoms with Crippen molar-refractivity contribution in [3.8, 4) is 0 Å². The van der Waals surface area contributed by atoms with Gasteiger partial charge < -0.3 is 37.2 Å². The van der Waals surface area contributed by atoms with Crippen molar-refractivity contribution in [1.29, 1.82) is 0 Å². The zero-order valence-electron chi connectivity index (χ0n) is 4.30. The van der Waals surface area contributed by atoms with Gasteiger partial charge >= 0.3 is 37.8 Å². The van der Waals surface area contributed by atoms with E-state index in [0.717, 1.165) is 0 Å². The van der Waals surface area contributed by atoms with Gasteiger partial charge in [0.05, 0.1) is 0 Å². The van der Waals surface area contributed by atoms with Gasteiger partial charge in [0.25, 0.3) is 0 Å². The van der Waals surface area contributed by atoms with Crippen LogP contribution in [0, 0.1) is 0 Å². The van der Waals surface area contributed by atoms with Crippen LogP contribution in [0.2, 0.25) is 0 Å². The second-order valence-corrected chi connectivity index (χ2v) is 0.848. The Balaban J connectivity index is -0.00000000300. The molecule has 0 spiro atoms. The van der Waals surface area contributed by atoms with E-state index in [1.54, 1.807) is 0 Å². The van der Waals surface area contributed by atoms with Crippen LogP contribution in [0.15, 0.2) is 0 Å². The molecule has 68 valence electrons. The molecule has 10 heteroatoms.